The van der Waals surface area contributed by atoms with E-state index in [0.717, 1.165) is 11.1 Å². The normalized spacial score (nSPS) is 15.8. The first-order valence-corrected chi connectivity index (χ1v) is 9.50. The van der Waals surface area contributed by atoms with E-state index in [9.17, 15) is 18.0 Å². The van der Waals surface area contributed by atoms with Gasteiger partial charge in [0.05, 0.1) is 4.90 Å². The highest BCUT2D eigenvalue weighted by Crippen LogP contribution is 2.28. The molecule has 6 heteroatoms. The molecular weight excluding hydrogens is 326 g/mol. The van der Waals surface area contributed by atoms with Gasteiger partial charge < -0.3 is 4.79 Å². The lowest BCUT2D eigenvalue weighted by molar-refractivity contribution is -0.121. The van der Waals surface area contributed by atoms with Crippen LogP contribution in [0.5, 0.6) is 0 Å². The molecule has 0 radical (unpaired) electrons. The number of hydrogen-bond acceptors (Lipinski definition) is 4. The summed E-state index contributed by atoms with van der Waals surface area (Å²) in [6, 6.07) is 6.70. The molecule has 1 aliphatic rings. The second-order valence-corrected chi connectivity index (χ2v) is 8.08. The van der Waals surface area contributed by atoms with Crippen molar-refractivity contribution in [1.29, 1.82) is 0 Å². The number of rotatable bonds is 7. The molecule has 0 atom stereocenters. The van der Waals surface area contributed by atoms with Gasteiger partial charge in [0, 0.05) is 31.5 Å². The van der Waals surface area contributed by atoms with Crippen molar-refractivity contribution in [3.05, 3.63) is 41.0 Å². The summed E-state index contributed by atoms with van der Waals surface area (Å²) in [7, 11) is -3.62. The van der Waals surface area contributed by atoms with Crippen molar-refractivity contribution in [2.24, 2.45) is 0 Å². The van der Waals surface area contributed by atoms with Gasteiger partial charge in [0.2, 0.25) is 10.0 Å². The van der Waals surface area contributed by atoms with Crippen molar-refractivity contribution in [2.45, 2.75) is 44.9 Å². The lowest BCUT2D eigenvalue weighted by Gasteiger charge is -2.17. The quantitative estimate of drug-likeness (QED) is 0.759. The van der Waals surface area contributed by atoms with Crippen molar-refractivity contribution in [3.63, 3.8) is 0 Å². The van der Waals surface area contributed by atoms with E-state index >= 15 is 0 Å². The van der Waals surface area contributed by atoms with Gasteiger partial charge in [-0.25, -0.2) is 8.42 Å². The number of sulfonamides is 1. The minimum absolute atomic E-state index is 0.0378. The van der Waals surface area contributed by atoms with Gasteiger partial charge in [-0.15, -0.1) is 0 Å². The largest absolute Gasteiger partial charge is 0.300 e. The zero-order valence-electron chi connectivity index (χ0n) is 14.3. The van der Waals surface area contributed by atoms with E-state index in [1.165, 1.54) is 11.2 Å². The molecule has 0 amide bonds. The Labute approximate surface area is 143 Å². The summed E-state index contributed by atoms with van der Waals surface area (Å²) in [4.78, 5) is 23.7. The molecule has 0 spiro atoms. The number of carbonyl (C=O) groups is 2. The summed E-state index contributed by atoms with van der Waals surface area (Å²) in [5, 5.41) is 0. The van der Waals surface area contributed by atoms with Crippen LogP contribution in [-0.4, -0.2) is 37.4 Å². The number of aryl methyl sites for hydroxylation is 1. The fourth-order valence-corrected chi connectivity index (χ4v) is 4.14. The lowest BCUT2D eigenvalue weighted by atomic mass is 10.0. The first-order chi connectivity index (χ1) is 11.3. The molecule has 1 aromatic rings. The third-order valence-electron chi connectivity index (χ3n) is 4.25. The molecule has 0 unspecified atom stereocenters. The number of carbonyl (C=O) groups excluding carboxylic acids is 2. The first-order valence-electron chi connectivity index (χ1n) is 8.06. The Hall–Kier alpha value is -1.79. The van der Waals surface area contributed by atoms with Gasteiger partial charge in [-0.3, -0.25) is 4.79 Å². The van der Waals surface area contributed by atoms with Crippen LogP contribution in [0.4, 0.5) is 0 Å². The molecule has 0 N–H and O–H groups in total. The third-order valence-corrected chi connectivity index (χ3v) is 6.06. The van der Waals surface area contributed by atoms with Crippen molar-refractivity contribution >= 4 is 21.6 Å². The SMILES string of the molecule is CCC1=C(C(=O)CCC(C)=O)CN(S(=O)(=O)c2ccc(C)cc2)C1. The molecular formula is C18H23NO4S. The summed E-state index contributed by atoms with van der Waals surface area (Å²) in [5.41, 5.74) is 2.39. The van der Waals surface area contributed by atoms with Gasteiger partial charge in [-0.2, -0.15) is 4.31 Å². The van der Waals surface area contributed by atoms with Crippen LogP contribution in [0.1, 0.15) is 38.7 Å². The zero-order chi connectivity index (χ0) is 17.9. The molecule has 1 aliphatic heterocycles. The number of ketones is 2. The smallest absolute Gasteiger partial charge is 0.243 e. The van der Waals surface area contributed by atoms with Gasteiger partial charge in [-0.05, 0) is 38.0 Å². The van der Waals surface area contributed by atoms with Crippen molar-refractivity contribution in [1.82, 2.24) is 4.31 Å². The van der Waals surface area contributed by atoms with Gasteiger partial charge in [0.25, 0.3) is 0 Å². The number of nitrogens with zero attached hydrogens (tertiary/aromatic N) is 1. The maximum atomic E-state index is 12.8. The lowest BCUT2D eigenvalue weighted by Crippen LogP contribution is -2.30. The van der Waals surface area contributed by atoms with Crippen LogP contribution in [0.15, 0.2) is 40.3 Å². The van der Waals surface area contributed by atoms with Crippen molar-refractivity contribution in [2.75, 3.05) is 13.1 Å². The third kappa shape index (κ3) is 3.99. The van der Waals surface area contributed by atoms with E-state index in [0.29, 0.717) is 12.0 Å². The minimum atomic E-state index is -3.62. The van der Waals surface area contributed by atoms with Gasteiger partial charge in [0.1, 0.15) is 5.78 Å². The standard InChI is InChI=1S/C18H23NO4S/c1-4-15-11-19(12-17(15)18(21)10-7-14(3)20)24(22,23)16-8-5-13(2)6-9-16/h5-6,8-9H,4,7,10-12H2,1-3H3. The van der Waals surface area contributed by atoms with Crippen LogP contribution >= 0.6 is 0 Å². The van der Waals surface area contributed by atoms with Gasteiger partial charge in [-0.1, -0.05) is 24.6 Å². The van der Waals surface area contributed by atoms with E-state index in [-0.39, 0.29) is 42.4 Å². The molecule has 5 nitrogen and oxygen atoms in total. The fraction of sp³-hybridized carbons (Fsp3) is 0.444. The predicted octanol–water partition coefficient (Wildman–Crippen LogP) is 2.64. The molecule has 0 saturated carbocycles. The van der Waals surface area contributed by atoms with E-state index in [4.69, 9.17) is 0 Å². The minimum Gasteiger partial charge on any atom is -0.300 e. The highest BCUT2D eigenvalue weighted by atomic mass is 32.2. The van der Waals surface area contributed by atoms with Crippen LogP contribution in [0, 0.1) is 6.92 Å². The predicted molar refractivity (Wildman–Crippen MR) is 92.2 cm³/mol. The van der Waals surface area contributed by atoms with Crippen LogP contribution in [0.2, 0.25) is 0 Å². The maximum Gasteiger partial charge on any atom is 0.243 e. The zero-order valence-corrected chi connectivity index (χ0v) is 15.1. The van der Waals surface area contributed by atoms with Crippen LogP contribution in [0.25, 0.3) is 0 Å². The molecule has 0 saturated heterocycles. The fourth-order valence-electron chi connectivity index (χ4n) is 2.73. The second kappa shape index (κ2) is 7.40. The summed E-state index contributed by atoms with van der Waals surface area (Å²) in [5.74, 6) is -0.159. The average molecular weight is 349 g/mol. The topological polar surface area (TPSA) is 71.5 Å². The van der Waals surface area contributed by atoms with E-state index in [1.807, 2.05) is 13.8 Å². The van der Waals surface area contributed by atoms with Crippen molar-refractivity contribution < 1.29 is 18.0 Å². The van der Waals surface area contributed by atoms with Gasteiger partial charge >= 0.3 is 0 Å². The molecule has 1 aromatic carbocycles. The Bertz CT molecular complexity index is 776. The number of benzene rings is 1. The summed E-state index contributed by atoms with van der Waals surface area (Å²) in [6.45, 7) is 5.60. The summed E-state index contributed by atoms with van der Waals surface area (Å²) < 4.78 is 26.9. The maximum absolute atomic E-state index is 12.8. The van der Waals surface area contributed by atoms with E-state index in [2.05, 4.69) is 0 Å². The molecule has 1 heterocycles. The van der Waals surface area contributed by atoms with Crippen LogP contribution in [-0.2, 0) is 19.6 Å². The Morgan fingerprint density at radius 2 is 1.71 bits per heavy atom. The molecule has 0 aliphatic carbocycles. The van der Waals surface area contributed by atoms with Crippen molar-refractivity contribution in [3.8, 4) is 0 Å². The van der Waals surface area contributed by atoms with E-state index in [1.54, 1.807) is 24.3 Å². The van der Waals surface area contributed by atoms with Crippen LogP contribution < -0.4 is 0 Å². The van der Waals surface area contributed by atoms with Crippen LogP contribution in [0.3, 0.4) is 0 Å². The summed E-state index contributed by atoms with van der Waals surface area (Å²) in [6.07, 6.45) is 0.970. The number of Topliss-reactive ketones (excluding diaryl/α,β-unsaturated/α-hetero) is 2. The first kappa shape index (κ1) is 18.5. The van der Waals surface area contributed by atoms with Gasteiger partial charge in [0.15, 0.2) is 5.78 Å². The highest BCUT2D eigenvalue weighted by molar-refractivity contribution is 7.89. The Balaban J connectivity index is 2.20. The Morgan fingerprint density at radius 1 is 1.08 bits per heavy atom. The monoisotopic (exact) mass is 349 g/mol. The number of hydrogen-bond donors (Lipinski definition) is 0. The molecule has 0 bridgehead atoms. The molecule has 130 valence electrons. The Morgan fingerprint density at radius 3 is 2.25 bits per heavy atom. The molecule has 0 aromatic heterocycles. The summed E-state index contributed by atoms with van der Waals surface area (Å²) >= 11 is 0. The average Bonchev–Trinajstić information content (AvgIpc) is 2.98. The highest BCUT2D eigenvalue weighted by Gasteiger charge is 2.33. The molecule has 24 heavy (non-hydrogen) atoms. The molecule has 0 fully saturated rings. The van der Waals surface area contributed by atoms with E-state index < -0.39 is 10.0 Å². The second-order valence-electron chi connectivity index (χ2n) is 6.15. The Kier molecular flexibility index (Phi) is 5.72. The molecule has 2 rings (SSSR count).